The Balaban J connectivity index is 1.92. The molecule has 1 aliphatic heterocycles. The second kappa shape index (κ2) is 6.16. The van der Waals surface area contributed by atoms with Crippen molar-refractivity contribution >= 4 is 30.8 Å². The van der Waals surface area contributed by atoms with Gasteiger partial charge in [-0.05, 0) is 24.5 Å². The molecule has 23 heavy (non-hydrogen) atoms. The van der Waals surface area contributed by atoms with Crippen molar-refractivity contribution in [2.45, 2.75) is 18.9 Å². The van der Waals surface area contributed by atoms with Crippen molar-refractivity contribution in [3.05, 3.63) is 52.5 Å². The van der Waals surface area contributed by atoms with Crippen molar-refractivity contribution in [3.63, 3.8) is 0 Å². The minimum Gasteiger partial charge on any atom is -0.507 e. The number of aromatic hydroxyl groups is 2. The molecule has 1 heterocycles. The number of rotatable bonds is 2. The monoisotopic (exact) mass is 329 g/mol. The highest BCUT2D eigenvalue weighted by molar-refractivity contribution is 6.32. The Hall–Kier alpha value is -2.14. The Morgan fingerprint density at radius 2 is 1.87 bits per heavy atom. The molecule has 0 spiro atoms. The van der Waals surface area contributed by atoms with Gasteiger partial charge in [-0.2, -0.15) is 0 Å². The Kier molecular flexibility index (Phi) is 4.22. The third kappa shape index (κ3) is 3.01. The van der Waals surface area contributed by atoms with Crippen LogP contribution >= 0.6 is 11.6 Å². The zero-order valence-corrected chi connectivity index (χ0v) is 13.5. The summed E-state index contributed by atoms with van der Waals surface area (Å²) in [5.74, 6) is -0.767. The Bertz CT molecular complexity index is 748. The van der Waals surface area contributed by atoms with E-state index >= 15 is 0 Å². The molecule has 3 rings (SSSR count). The van der Waals surface area contributed by atoms with Crippen LogP contribution < -0.4 is 5.46 Å². The predicted octanol–water partition coefficient (Wildman–Crippen LogP) is 1.99. The molecule has 0 bridgehead atoms. The van der Waals surface area contributed by atoms with Crippen LogP contribution in [0.1, 0.15) is 34.8 Å². The van der Waals surface area contributed by atoms with Crippen LogP contribution in [-0.2, 0) is 0 Å². The van der Waals surface area contributed by atoms with E-state index in [1.165, 1.54) is 11.5 Å². The molecule has 2 N–H and O–H groups in total. The topological polar surface area (TPSA) is 60.8 Å². The van der Waals surface area contributed by atoms with Crippen molar-refractivity contribution in [1.82, 2.24) is 4.90 Å². The summed E-state index contributed by atoms with van der Waals surface area (Å²) in [7, 11) is 2.03. The molecule has 1 amide bonds. The van der Waals surface area contributed by atoms with Crippen molar-refractivity contribution in [3.8, 4) is 11.5 Å². The third-order valence-corrected chi connectivity index (χ3v) is 4.57. The van der Waals surface area contributed by atoms with Gasteiger partial charge in [0.1, 0.15) is 19.3 Å². The lowest BCUT2D eigenvalue weighted by Gasteiger charge is -2.25. The summed E-state index contributed by atoms with van der Waals surface area (Å²) in [6.07, 6.45) is 1.80. The number of phenolic OH excluding ortho intramolecular Hbond substituents is 2. The molecule has 1 saturated heterocycles. The number of hydrogen-bond donors (Lipinski definition) is 2. The fourth-order valence-corrected chi connectivity index (χ4v) is 3.19. The number of carbonyl (C=O) groups excluding carboxylic acids is 1. The number of amides is 1. The molecule has 1 fully saturated rings. The molecule has 2 aromatic carbocycles. The van der Waals surface area contributed by atoms with E-state index in [1.807, 2.05) is 32.1 Å². The molecule has 6 heteroatoms. The normalized spacial score (nSPS) is 17.4. The van der Waals surface area contributed by atoms with Crippen molar-refractivity contribution in [2.75, 3.05) is 6.54 Å². The van der Waals surface area contributed by atoms with E-state index in [4.69, 9.17) is 11.6 Å². The Morgan fingerprint density at radius 1 is 1.17 bits per heavy atom. The first-order chi connectivity index (χ1) is 11.0. The van der Waals surface area contributed by atoms with E-state index in [2.05, 4.69) is 0 Å². The van der Waals surface area contributed by atoms with Gasteiger partial charge in [-0.15, -0.1) is 0 Å². The van der Waals surface area contributed by atoms with Crippen LogP contribution in [0.4, 0.5) is 0 Å². The maximum atomic E-state index is 12.8. The van der Waals surface area contributed by atoms with Crippen LogP contribution in [0.3, 0.4) is 0 Å². The summed E-state index contributed by atoms with van der Waals surface area (Å²) in [5, 5.41) is 19.5. The SMILES string of the molecule is Bc1ccc(C2CCCN2C(=O)c2cc(Cl)c(O)cc2O)cc1. The molecular formula is C17H17BClNO3. The van der Waals surface area contributed by atoms with E-state index in [0.29, 0.717) is 6.54 Å². The van der Waals surface area contributed by atoms with Crippen LogP contribution in [0.15, 0.2) is 36.4 Å². The smallest absolute Gasteiger partial charge is 0.258 e. The summed E-state index contributed by atoms with van der Waals surface area (Å²) in [4.78, 5) is 14.6. The Morgan fingerprint density at radius 3 is 2.57 bits per heavy atom. The fraction of sp³-hybridized carbons (Fsp3) is 0.235. The molecule has 0 aromatic heterocycles. The molecular weight excluding hydrogens is 312 g/mol. The molecule has 1 unspecified atom stereocenters. The van der Waals surface area contributed by atoms with Gasteiger partial charge in [0.05, 0.1) is 16.6 Å². The highest BCUT2D eigenvalue weighted by Gasteiger charge is 2.32. The van der Waals surface area contributed by atoms with Gasteiger partial charge in [-0.25, -0.2) is 0 Å². The summed E-state index contributed by atoms with van der Waals surface area (Å²) in [5.41, 5.74) is 2.38. The second-order valence-electron chi connectivity index (χ2n) is 5.89. The molecule has 0 radical (unpaired) electrons. The first-order valence-electron chi connectivity index (χ1n) is 7.56. The number of benzene rings is 2. The van der Waals surface area contributed by atoms with Gasteiger partial charge in [0.15, 0.2) is 0 Å². The minimum absolute atomic E-state index is 0.00456. The standard InChI is InChI=1S/C17H17BClNO3/c18-11-5-3-10(4-6-11)14-2-1-7-20(14)17(23)12-8-13(19)16(22)9-15(12)21/h3-6,8-9,14,21-22H,1-2,7,18H2. The fourth-order valence-electron chi connectivity index (χ4n) is 3.02. The molecule has 0 aliphatic carbocycles. The van der Waals surface area contributed by atoms with Gasteiger partial charge in [-0.3, -0.25) is 4.79 Å². The average Bonchev–Trinajstić information content (AvgIpc) is 3.00. The van der Waals surface area contributed by atoms with Crippen molar-refractivity contribution in [1.29, 1.82) is 0 Å². The Labute approximate surface area is 140 Å². The summed E-state index contributed by atoms with van der Waals surface area (Å²) >= 11 is 5.88. The summed E-state index contributed by atoms with van der Waals surface area (Å²) in [6, 6.07) is 10.6. The predicted molar refractivity (Wildman–Crippen MR) is 92.4 cm³/mol. The van der Waals surface area contributed by atoms with Gasteiger partial charge < -0.3 is 15.1 Å². The highest BCUT2D eigenvalue weighted by atomic mass is 35.5. The number of likely N-dealkylation sites (tertiary alicyclic amines) is 1. The van der Waals surface area contributed by atoms with E-state index < -0.39 is 0 Å². The quantitative estimate of drug-likeness (QED) is 0.828. The van der Waals surface area contributed by atoms with Crippen LogP contribution in [0.5, 0.6) is 11.5 Å². The van der Waals surface area contributed by atoms with Crippen molar-refractivity contribution in [2.24, 2.45) is 0 Å². The number of carbonyl (C=O) groups is 1. The lowest BCUT2D eigenvalue weighted by molar-refractivity contribution is 0.0732. The highest BCUT2D eigenvalue weighted by Crippen LogP contribution is 2.36. The van der Waals surface area contributed by atoms with Crippen molar-refractivity contribution < 1.29 is 15.0 Å². The molecule has 4 nitrogen and oxygen atoms in total. The molecule has 2 aromatic rings. The first kappa shape index (κ1) is 15.7. The lowest BCUT2D eigenvalue weighted by atomic mass is 9.93. The number of hydrogen-bond acceptors (Lipinski definition) is 3. The van der Waals surface area contributed by atoms with Crippen LogP contribution in [0.25, 0.3) is 0 Å². The number of halogens is 1. The van der Waals surface area contributed by atoms with Gasteiger partial charge in [-0.1, -0.05) is 41.3 Å². The van der Waals surface area contributed by atoms with Gasteiger partial charge in [0.25, 0.3) is 5.91 Å². The molecule has 1 atom stereocenters. The maximum Gasteiger partial charge on any atom is 0.258 e. The number of nitrogens with zero attached hydrogens (tertiary/aromatic N) is 1. The van der Waals surface area contributed by atoms with Crippen LogP contribution in [-0.4, -0.2) is 35.4 Å². The zero-order chi connectivity index (χ0) is 16.6. The summed E-state index contributed by atoms with van der Waals surface area (Å²) in [6.45, 7) is 0.634. The van der Waals surface area contributed by atoms with E-state index in [9.17, 15) is 15.0 Å². The minimum atomic E-state index is -0.271. The van der Waals surface area contributed by atoms with Gasteiger partial charge in [0, 0.05) is 12.6 Å². The van der Waals surface area contributed by atoms with E-state index in [1.54, 1.807) is 4.90 Å². The van der Waals surface area contributed by atoms with Crippen LogP contribution in [0.2, 0.25) is 5.02 Å². The average molecular weight is 330 g/mol. The third-order valence-electron chi connectivity index (χ3n) is 4.27. The number of phenols is 2. The van der Waals surface area contributed by atoms with E-state index in [0.717, 1.165) is 24.5 Å². The van der Waals surface area contributed by atoms with Crippen LogP contribution in [0, 0.1) is 0 Å². The summed E-state index contributed by atoms with van der Waals surface area (Å²) < 4.78 is 0. The van der Waals surface area contributed by atoms with Gasteiger partial charge in [0.2, 0.25) is 0 Å². The maximum absolute atomic E-state index is 12.8. The zero-order valence-electron chi connectivity index (χ0n) is 12.8. The largest absolute Gasteiger partial charge is 0.507 e. The second-order valence-corrected chi connectivity index (χ2v) is 6.30. The molecule has 0 saturated carbocycles. The molecule has 118 valence electrons. The lowest BCUT2D eigenvalue weighted by Crippen LogP contribution is -2.30. The first-order valence-corrected chi connectivity index (χ1v) is 7.94. The van der Waals surface area contributed by atoms with E-state index in [-0.39, 0.29) is 34.0 Å². The molecule has 1 aliphatic rings. The van der Waals surface area contributed by atoms with Gasteiger partial charge >= 0.3 is 0 Å².